The molecule has 6 heteroatoms. The van der Waals surface area contributed by atoms with Gasteiger partial charge in [0.15, 0.2) is 0 Å². The number of carbonyl (C=O) groups is 2. The monoisotopic (exact) mass is 385 g/mol. The van der Waals surface area contributed by atoms with Crippen molar-refractivity contribution in [1.29, 1.82) is 0 Å². The predicted octanol–water partition coefficient (Wildman–Crippen LogP) is 2.86. The van der Waals surface area contributed by atoms with E-state index in [4.69, 9.17) is 4.43 Å². The molecule has 1 N–H and O–H groups in total. The first-order chi connectivity index (χ1) is 8.44. The van der Waals surface area contributed by atoms with Crippen molar-refractivity contribution in [3.05, 3.63) is 0 Å². The highest BCUT2D eigenvalue weighted by Crippen LogP contribution is 2.22. The van der Waals surface area contributed by atoms with Crippen LogP contribution in [0.4, 0.5) is 0 Å². The Morgan fingerprint density at radius 1 is 1.22 bits per heavy atom. The van der Waals surface area contributed by atoms with E-state index in [2.05, 4.69) is 48.7 Å². The third-order valence-electron chi connectivity index (χ3n) is 3.31. The molecule has 18 heavy (non-hydrogen) atoms. The Kier molecular flexibility index (Phi) is 8.84. The van der Waals surface area contributed by atoms with Crippen molar-refractivity contribution < 1.29 is 14.0 Å². The summed E-state index contributed by atoms with van der Waals surface area (Å²) < 4.78 is 6.60. The van der Waals surface area contributed by atoms with Gasteiger partial charge in [-0.2, -0.15) is 0 Å². The lowest BCUT2D eigenvalue weighted by Gasteiger charge is -2.29. The molecule has 0 heterocycles. The summed E-state index contributed by atoms with van der Waals surface area (Å²) in [7, 11) is -1.93. The molecule has 0 saturated heterocycles. The van der Waals surface area contributed by atoms with Crippen molar-refractivity contribution in [3.8, 4) is 0 Å². The Hall–Kier alpha value is -0.113. The molecular weight excluding hydrogens is 361 g/mol. The fraction of sp³-hybridized carbons (Fsp3) is 0.833. The standard InChI is InChI=1S/C12H24INO3Si/c1-5-18(6-2,7-3)17-12(16)11(8-9-13)14-10(4)15/h11H,5-9H2,1-4H3,(H,14,15). The summed E-state index contributed by atoms with van der Waals surface area (Å²) in [4.78, 5) is 23.3. The zero-order valence-electron chi connectivity index (χ0n) is 11.7. The zero-order valence-corrected chi connectivity index (χ0v) is 14.9. The van der Waals surface area contributed by atoms with Crippen LogP contribution in [0, 0.1) is 0 Å². The SMILES string of the molecule is CC[Si](CC)(CC)OC(=O)C(CCI)NC(C)=O. The lowest BCUT2D eigenvalue weighted by molar-refractivity contribution is -0.140. The van der Waals surface area contributed by atoms with E-state index in [0.717, 1.165) is 22.6 Å². The number of amides is 1. The predicted molar refractivity (Wildman–Crippen MR) is 84.4 cm³/mol. The molecule has 0 fully saturated rings. The van der Waals surface area contributed by atoms with E-state index in [1.807, 2.05) is 0 Å². The minimum atomic E-state index is -1.93. The average molecular weight is 385 g/mol. The van der Waals surface area contributed by atoms with Crippen LogP contribution in [-0.2, 0) is 14.0 Å². The van der Waals surface area contributed by atoms with Gasteiger partial charge in [-0.25, -0.2) is 0 Å². The molecule has 0 aliphatic rings. The molecule has 0 aromatic carbocycles. The molecule has 0 aliphatic heterocycles. The van der Waals surface area contributed by atoms with E-state index in [1.165, 1.54) is 6.92 Å². The summed E-state index contributed by atoms with van der Waals surface area (Å²) >= 11 is 2.20. The van der Waals surface area contributed by atoms with E-state index in [0.29, 0.717) is 6.42 Å². The summed E-state index contributed by atoms with van der Waals surface area (Å²) in [6.45, 7) is 7.67. The van der Waals surface area contributed by atoms with Gasteiger partial charge in [0.05, 0.1) is 0 Å². The first-order valence-corrected chi connectivity index (χ1v) is 10.6. The Morgan fingerprint density at radius 2 is 1.72 bits per heavy atom. The quantitative estimate of drug-likeness (QED) is 0.397. The minimum Gasteiger partial charge on any atom is -0.518 e. The maximum atomic E-state index is 12.2. The maximum absolute atomic E-state index is 12.2. The summed E-state index contributed by atoms with van der Waals surface area (Å²) in [5.41, 5.74) is 0. The first-order valence-electron chi connectivity index (χ1n) is 6.50. The smallest absolute Gasteiger partial charge is 0.315 e. The van der Waals surface area contributed by atoms with Crippen molar-refractivity contribution in [2.24, 2.45) is 0 Å². The van der Waals surface area contributed by atoms with Gasteiger partial charge in [0.2, 0.25) is 5.91 Å². The third-order valence-corrected chi connectivity index (χ3v) is 8.43. The van der Waals surface area contributed by atoms with Gasteiger partial charge in [-0.3, -0.25) is 9.59 Å². The molecule has 0 saturated carbocycles. The van der Waals surface area contributed by atoms with Crippen molar-refractivity contribution in [1.82, 2.24) is 5.32 Å². The number of alkyl halides is 1. The van der Waals surface area contributed by atoms with Crippen LogP contribution in [0.15, 0.2) is 0 Å². The molecular formula is C12H24INO3Si. The van der Waals surface area contributed by atoms with E-state index < -0.39 is 14.4 Å². The van der Waals surface area contributed by atoms with E-state index >= 15 is 0 Å². The Labute approximate surface area is 125 Å². The molecule has 0 spiro atoms. The molecule has 0 bridgehead atoms. The Bertz CT molecular complexity index is 274. The van der Waals surface area contributed by atoms with Crippen LogP contribution in [0.3, 0.4) is 0 Å². The number of hydrogen-bond donors (Lipinski definition) is 1. The lowest BCUT2D eigenvalue weighted by Crippen LogP contribution is -2.47. The van der Waals surface area contributed by atoms with E-state index in [-0.39, 0.29) is 11.9 Å². The van der Waals surface area contributed by atoms with Gasteiger partial charge >= 0.3 is 5.97 Å². The van der Waals surface area contributed by atoms with E-state index in [9.17, 15) is 9.59 Å². The fourth-order valence-electron chi connectivity index (χ4n) is 1.85. The third kappa shape index (κ3) is 5.68. The molecule has 106 valence electrons. The molecule has 0 aromatic rings. The van der Waals surface area contributed by atoms with Crippen LogP contribution in [0.25, 0.3) is 0 Å². The molecule has 0 aromatic heterocycles. The summed E-state index contributed by atoms with van der Waals surface area (Å²) in [6, 6.07) is 2.31. The summed E-state index contributed by atoms with van der Waals surface area (Å²) in [6.07, 6.45) is 0.626. The molecule has 4 nitrogen and oxygen atoms in total. The van der Waals surface area contributed by atoms with Crippen LogP contribution in [0.1, 0.15) is 34.1 Å². The number of nitrogens with one attached hydrogen (secondary N) is 1. The minimum absolute atomic E-state index is 0.182. The van der Waals surface area contributed by atoms with Gasteiger partial charge < -0.3 is 9.74 Å². The Balaban J connectivity index is 4.71. The van der Waals surface area contributed by atoms with Gasteiger partial charge in [-0.05, 0) is 24.6 Å². The van der Waals surface area contributed by atoms with Crippen molar-refractivity contribution in [2.75, 3.05) is 4.43 Å². The summed E-state index contributed by atoms with van der Waals surface area (Å²) in [5.74, 6) is -0.433. The maximum Gasteiger partial charge on any atom is 0.315 e. The zero-order chi connectivity index (χ0) is 14.2. The molecule has 1 amide bonds. The number of halogens is 1. The highest BCUT2D eigenvalue weighted by atomic mass is 127. The number of rotatable bonds is 8. The molecule has 0 radical (unpaired) electrons. The van der Waals surface area contributed by atoms with Crippen LogP contribution >= 0.6 is 22.6 Å². The second-order valence-electron chi connectivity index (χ2n) is 4.40. The number of hydrogen-bond acceptors (Lipinski definition) is 3. The normalized spacial score (nSPS) is 12.9. The summed E-state index contributed by atoms with van der Waals surface area (Å²) in [5, 5.41) is 2.68. The highest BCUT2D eigenvalue weighted by Gasteiger charge is 2.35. The van der Waals surface area contributed by atoms with E-state index in [1.54, 1.807) is 0 Å². The van der Waals surface area contributed by atoms with Gasteiger partial charge in [-0.1, -0.05) is 43.4 Å². The van der Waals surface area contributed by atoms with Gasteiger partial charge in [-0.15, -0.1) is 0 Å². The molecule has 0 aliphatic carbocycles. The first kappa shape index (κ1) is 17.9. The molecule has 1 unspecified atom stereocenters. The second kappa shape index (κ2) is 8.90. The lowest BCUT2D eigenvalue weighted by atomic mass is 10.2. The Morgan fingerprint density at radius 3 is 2.06 bits per heavy atom. The van der Waals surface area contributed by atoms with Crippen molar-refractivity contribution in [3.63, 3.8) is 0 Å². The topological polar surface area (TPSA) is 55.4 Å². The van der Waals surface area contributed by atoms with Gasteiger partial charge in [0, 0.05) is 11.4 Å². The van der Waals surface area contributed by atoms with Crippen LogP contribution < -0.4 is 5.32 Å². The van der Waals surface area contributed by atoms with Crippen molar-refractivity contribution >= 4 is 42.8 Å². The van der Waals surface area contributed by atoms with Crippen LogP contribution in [-0.4, -0.2) is 30.7 Å². The van der Waals surface area contributed by atoms with Crippen LogP contribution in [0.2, 0.25) is 18.1 Å². The average Bonchev–Trinajstić information content (AvgIpc) is 2.35. The largest absolute Gasteiger partial charge is 0.518 e. The molecule has 0 rings (SSSR count). The second-order valence-corrected chi connectivity index (χ2v) is 10.2. The van der Waals surface area contributed by atoms with Gasteiger partial charge in [0.25, 0.3) is 8.32 Å². The number of carbonyl (C=O) groups excluding carboxylic acids is 2. The van der Waals surface area contributed by atoms with Crippen LogP contribution in [0.5, 0.6) is 0 Å². The van der Waals surface area contributed by atoms with Crippen molar-refractivity contribution in [2.45, 2.75) is 58.3 Å². The van der Waals surface area contributed by atoms with Gasteiger partial charge in [0.1, 0.15) is 6.04 Å². The highest BCUT2D eigenvalue weighted by molar-refractivity contribution is 14.1. The fourth-order valence-corrected chi connectivity index (χ4v) is 4.98. The molecule has 1 atom stereocenters.